The van der Waals surface area contributed by atoms with Crippen LogP contribution in [0.4, 0.5) is 0 Å². The van der Waals surface area contributed by atoms with Gasteiger partial charge in [0, 0.05) is 22.5 Å². The second-order valence-electron chi connectivity index (χ2n) is 4.65. The van der Waals surface area contributed by atoms with Crippen molar-refractivity contribution in [3.63, 3.8) is 0 Å². The van der Waals surface area contributed by atoms with Crippen LogP contribution in [0.2, 0.25) is 5.02 Å². The number of halogens is 2. The number of rotatable bonds is 5. The maximum atomic E-state index is 12.0. The number of amides is 2. The van der Waals surface area contributed by atoms with Crippen LogP contribution < -0.4 is 5.32 Å². The van der Waals surface area contributed by atoms with Crippen LogP contribution >= 0.6 is 38.9 Å². The zero-order valence-electron chi connectivity index (χ0n) is 11.8. The Kier molecular flexibility index (Phi) is 5.99. The summed E-state index contributed by atoms with van der Waals surface area (Å²) in [5.74, 6) is -0.469. The molecule has 0 aliphatic carbocycles. The van der Waals surface area contributed by atoms with E-state index in [2.05, 4.69) is 21.2 Å². The summed E-state index contributed by atoms with van der Waals surface area (Å²) >= 11 is 10.8. The molecule has 1 aromatic heterocycles. The van der Waals surface area contributed by atoms with E-state index in [1.165, 1.54) is 0 Å². The van der Waals surface area contributed by atoms with Gasteiger partial charge >= 0.3 is 0 Å². The average Bonchev–Trinajstić information content (AvgIpc) is 2.89. The number of nitrogens with one attached hydrogen (secondary N) is 1. The lowest BCUT2D eigenvalue weighted by molar-refractivity contribution is -0.129. The predicted octanol–water partition coefficient (Wildman–Crippen LogP) is 3.55. The molecule has 22 heavy (non-hydrogen) atoms. The first kappa shape index (κ1) is 17.0. The third-order valence-corrected chi connectivity index (χ3v) is 4.78. The van der Waals surface area contributed by atoms with E-state index in [0.29, 0.717) is 17.1 Å². The molecule has 2 amide bonds. The summed E-state index contributed by atoms with van der Waals surface area (Å²) in [5.41, 5.74) is 0.435. The van der Waals surface area contributed by atoms with Gasteiger partial charge in [0.15, 0.2) is 0 Å². The van der Waals surface area contributed by atoms with Gasteiger partial charge in [-0.05, 0) is 46.3 Å². The van der Waals surface area contributed by atoms with Gasteiger partial charge in [-0.3, -0.25) is 9.59 Å². The topological polar surface area (TPSA) is 49.4 Å². The normalized spacial score (nSPS) is 10.3. The second-order valence-corrected chi connectivity index (χ2v) is 7.63. The minimum absolute atomic E-state index is 0.0472. The van der Waals surface area contributed by atoms with Crippen LogP contribution in [-0.4, -0.2) is 30.3 Å². The van der Waals surface area contributed by atoms with Gasteiger partial charge < -0.3 is 10.2 Å². The molecule has 0 radical (unpaired) electrons. The van der Waals surface area contributed by atoms with Gasteiger partial charge in [0.05, 0.1) is 16.9 Å². The lowest BCUT2D eigenvalue weighted by Crippen LogP contribution is -2.37. The zero-order valence-corrected chi connectivity index (χ0v) is 15.0. The van der Waals surface area contributed by atoms with Crippen LogP contribution in [0.15, 0.2) is 40.2 Å². The summed E-state index contributed by atoms with van der Waals surface area (Å²) in [5, 5.41) is 3.09. The first-order chi connectivity index (χ1) is 10.5. The molecule has 0 bridgehead atoms. The Morgan fingerprint density at radius 2 is 2.09 bits per heavy atom. The molecule has 2 rings (SSSR count). The van der Waals surface area contributed by atoms with Crippen molar-refractivity contribution in [2.75, 3.05) is 13.6 Å². The molecule has 4 nitrogen and oxygen atoms in total. The molecule has 1 N–H and O–H groups in total. The smallest absolute Gasteiger partial charge is 0.251 e. The maximum absolute atomic E-state index is 12.0. The van der Waals surface area contributed by atoms with Gasteiger partial charge in [0.1, 0.15) is 0 Å². The van der Waals surface area contributed by atoms with Crippen molar-refractivity contribution >= 4 is 50.7 Å². The molecule has 0 fully saturated rings. The first-order valence-electron chi connectivity index (χ1n) is 6.47. The number of carbonyl (C=O) groups excluding carboxylic acids is 2. The van der Waals surface area contributed by atoms with Gasteiger partial charge in [-0.1, -0.05) is 17.7 Å². The Bertz CT molecular complexity index is 690. The minimum Gasteiger partial charge on any atom is -0.343 e. The van der Waals surface area contributed by atoms with Gasteiger partial charge in [0.25, 0.3) is 5.91 Å². The molecular formula is C15H14BrClN2O2S. The molecule has 2 aromatic rings. The van der Waals surface area contributed by atoms with E-state index < -0.39 is 0 Å². The van der Waals surface area contributed by atoms with Gasteiger partial charge in [0.2, 0.25) is 5.91 Å². The molecule has 7 heteroatoms. The Labute approximate surface area is 146 Å². The van der Waals surface area contributed by atoms with Crippen molar-refractivity contribution < 1.29 is 9.59 Å². The summed E-state index contributed by atoms with van der Waals surface area (Å²) in [6, 6.07) is 10.5. The van der Waals surface area contributed by atoms with Crippen LogP contribution in [0, 0.1) is 0 Å². The van der Waals surface area contributed by atoms with Crippen molar-refractivity contribution in [3.05, 3.63) is 55.6 Å². The lowest BCUT2D eigenvalue weighted by Gasteiger charge is -2.16. The number of hydrogen-bond acceptors (Lipinski definition) is 3. The second kappa shape index (κ2) is 7.76. The summed E-state index contributed by atoms with van der Waals surface area (Å²) < 4.78 is 1.03. The predicted molar refractivity (Wildman–Crippen MR) is 92.3 cm³/mol. The van der Waals surface area contributed by atoms with Crippen molar-refractivity contribution in [1.82, 2.24) is 10.2 Å². The Balaban J connectivity index is 1.85. The molecule has 0 saturated carbocycles. The number of nitrogens with zero attached hydrogens (tertiary/aromatic N) is 1. The van der Waals surface area contributed by atoms with E-state index in [1.807, 2.05) is 12.1 Å². The molecule has 0 unspecified atom stereocenters. The van der Waals surface area contributed by atoms with Crippen LogP contribution in [-0.2, 0) is 11.3 Å². The standard InChI is InChI=1S/C15H14BrClN2O2S/c1-19(9-12-5-6-13(16)22-12)14(20)8-18-15(21)10-3-2-4-11(17)7-10/h2-7H,8-9H2,1H3,(H,18,21). The SMILES string of the molecule is CN(Cc1ccc(Br)s1)C(=O)CNC(=O)c1cccc(Cl)c1. The molecule has 0 saturated heterocycles. The number of carbonyl (C=O) groups is 2. The summed E-state index contributed by atoms with van der Waals surface area (Å²) in [4.78, 5) is 26.6. The van der Waals surface area contributed by atoms with Crippen molar-refractivity contribution in [3.8, 4) is 0 Å². The highest BCUT2D eigenvalue weighted by molar-refractivity contribution is 9.11. The van der Waals surface area contributed by atoms with Gasteiger partial charge in [-0.15, -0.1) is 11.3 Å². The number of hydrogen-bond donors (Lipinski definition) is 1. The van der Waals surface area contributed by atoms with E-state index in [0.717, 1.165) is 8.66 Å². The van der Waals surface area contributed by atoms with Gasteiger partial charge in [-0.2, -0.15) is 0 Å². The van der Waals surface area contributed by atoms with E-state index in [4.69, 9.17) is 11.6 Å². The number of thiophene rings is 1. The van der Waals surface area contributed by atoms with Crippen LogP contribution in [0.25, 0.3) is 0 Å². The van der Waals surface area contributed by atoms with E-state index in [1.54, 1.807) is 47.5 Å². The molecule has 0 spiro atoms. The van der Waals surface area contributed by atoms with E-state index in [-0.39, 0.29) is 18.4 Å². The summed E-state index contributed by atoms with van der Waals surface area (Å²) in [6.07, 6.45) is 0. The third-order valence-electron chi connectivity index (χ3n) is 2.93. The molecule has 116 valence electrons. The summed E-state index contributed by atoms with van der Waals surface area (Å²) in [7, 11) is 1.71. The maximum Gasteiger partial charge on any atom is 0.251 e. The van der Waals surface area contributed by atoms with Crippen LogP contribution in [0.3, 0.4) is 0 Å². The number of likely N-dealkylation sites (N-methyl/N-ethyl adjacent to an activating group) is 1. The van der Waals surface area contributed by atoms with Crippen molar-refractivity contribution in [1.29, 1.82) is 0 Å². The monoisotopic (exact) mass is 400 g/mol. The molecule has 1 heterocycles. The molecular weight excluding hydrogens is 388 g/mol. The molecule has 0 atom stereocenters. The average molecular weight is 402 g/mol. The van der Waals surface area contributed by atoms with Crippen LogP contribution in [0.5, 0.6) is 0 Å². The minimum atomic E-state index is -0.317. The lowest BCUT2D eigenvalue weighted by atomic mass is 10.2. The molecule has 1 aromatic carbocycles. The molecule has 0 aliphatic heterocycles. The quantitative estimate of drug-likeness (QED) is 0.833. The Hall–Kier alpha value is -1.37. The Morgan fingerprint density at radius 3 is 2.73 bits per heavy atom. The zero-order chi connectivity index (χ0) is 16.1. The van der Waals surface area contributed by atoms with Crippen molar-refractivity contribution in [2.45, 2.75) is 6.54 Å². The fourth-order valence-corrected chi connectivity index (χ4v) is 3.51. The number of benzene rings is 1. The first-order valence-corrected chi connectivity index (χ1v) is 8.46. The highest BCUT2D eigenvalue weighted by Gasteiger charge is 2.13. The van der Waals surface area contributed by atoms with E-state index in [9.17, 15) is 9.59 Å². The molecule has 0 aliphatic rings. The summed E-state index contributed by atoms with van der Waals surface area (Å²) in [6.45, 7) is 0.469. The largest absolute Gasteiger partial charge is 0.343 e. The van der Waals surface area contributed by atoms with Crippen molar-refractivity contribution in [2.24, 2.45) is 0 Å². The highest BCUT2D eigenvalue weighted by Crippen LogP contribution is 2.22. The highest BCUT2D eigenvalue weighted by atomic mass is 79.9. The van der Waals surface area contributed by atoms with Crippen LogP contribution in [0.1, 0.15) is 15.2 Å². The van der Waals surface area contributed by atoms with E-state index >= 15 is 0 Å². The Morgan fingerprint density at radius 1 is 1.32 bits per heavy atom. The fourth-order valence-electron chi connectivity index (χ4n) is 1.78. The third kappa shape index (κ3) is 4.83. The fraction of sp³-hybridized carbons (Fsp3) is 0.200. The van der Waals surface area contributed by atoms with Gasteiger partial charge in [-0.25, -0.2) is 0 Å².